The number of nitrogens with zero attached hydrogens (tertiary/aromatic N) is 1. The molecule has 0 atom stereocenters. The number of rotatable bonds is 9. The molecule has 0 bridgehead atoms. The summed E-state index contributed by atoms with van der Waals surface area (Å²) in [7, 11) is 1.52. The van der Waals surface area contributed by atoms with Crippen LogP contribution in [0.25, 0.3) is 0 Å². The van der Waals surface area contributed by atoms with Gasteiger partial charge in [0.1, 0.15) is 11.5 Å². The molecule has 0 saturated heterocycles. The molecule has 0 aliphatic heterocycles. The Balaban J connectivity index is 1.93. The maximum Gasteiger partial charge on any atom is 0.260 e. The molecular formula is C22H26N2O4. The lowest BCUT2D eigenvalue weighted by Crippen LogP contribution is -2.35. The van der Waals surface area contributed by atoms with Crippen molar-refractivity contribution >= 4 is 17.5 Å². The van der Waals surface area contributed by atoms with Gasteiger partial charge in [0, 0.05) is 18.8 Å². The average Bonchev–Trinajstić information content (AvgIpc) is 2.71. The summed E-state index contributed by atoms with van der Waals surface area (Å²) in [4.78, 5) is 26.3. The number of amides is 2. The molecule has 0 radical (unpaired) electrons. The summed E-state index contributed by atoms with van der Waals surface area (Å²) in [5, 5.41) is 2.81. The van der Waals surface area contributed by atoms with Crippen LogP contribution in [0.2, 0.25) is 0 Å². The van der Waals surface area contributed by atoms with Gasteiger partial charge >= 0.3 is 0 Å². The minimum atomic E-state index is -0.264. The Morgan fingerprint density at radius 1 is 1.11 bits per heavy atom. The Morgan fingerprint density at radius 2 is 1.79 bits per heavy atom. The van der Waals surface area contributed by atoms with Crippen LogP contribution in [0.15, 0.2) is 60.7 Å². The fourth-order valence-corrected chi connectivity index (χ4v) is 2.60. The first-order valence-electron chi connectivity index (χ1n) is 9.04. The number of para-hydroxylation sites is 1. The van der Waals surface area contributed by atoms with E-state index in [1.807, 2.05) is 13.8 Å². The number of anilines is 1. The van der Waals surface area contributed by atoms with Crippen molar-refractivity contribution in [3.05, 3.63) is 66.2 Å². The highest BCUT2D eigenvalue weighted by molar-refractivity contribution is 6.06. The average molecular weight is 382 g/mol. The molecule has 2 amide bonds. The van der Waals surface area contributed by atoms with E-state index in [1.165, 1.54) is 7.11 Å². The highest BCUT2D eigenvalue weighted by Crippen LogP contribution is 2.20. The van der Waals surface area contributed by atoms with Crippen molar-refractivity contribution in [1.82, 2.24) is 4.90 Å². The van der Waals surface area contributed by atoms with Crippen molar-refractivity contribution in [2.75, 3.05) is 32.1 Å². The number of hydrogen-bond donors (Lipinski definition) is 1. The van der Waals surface area contributed by atoms with Crippen molar-refractivity contribution in [2.24, 2.45) is 0 Å². The van der Waals surface area contributed by atoms with Crippen LogP contribution in [-0.4, -0.2) is 43.5 Å². The number of likely N-dealkylation sites (N-methyl/N-ethyl adjacent to an activating group) is 1. The molecule has 2 aromatic carbocycles. The third kappa shape index (κ3) is 5.87. The van der Waals surface area contributed by atoms with E-state index in [0.717, 1.165) is 5.57 Å². The van der Waals surface area contributed by atoms with Gasteiger partial charge in [-0.3, -0.25) is 9.59 Å². The van der Waals surface area contributed by atoms with Gasteiger partial charge in [0.25, 0.3) is 11.8 Å². The number of benzene rings is 2. The van der Waals surface area contributed by atoms with Crippen LogP contribution < -0.4 is 14.8 Å². The molecule has 0 spiro atoms. The number of methoxy groups -OCH3 is 1. The second kappa shape index (κ2) is 10.2. The van der Waals surface area contributed by atoms with Crippen molar-refractivity contribution in [3.8, 4) is 11.5 Å². The minimum Gasteiger partial charge on any atom is -0.496 e. The summed E-state index contributed by atoms with van der Waals surface area (Å²) < 4.78 is 10.8. The van der Waals surface area contributed by atoms with Gasteiger partial charge in [-0.1, -0.05) is 24.3 Å². The van der Waals surface area contributed by atoms with E-state index >= 15 is 0 Å². The van der Waals surface area contributed by atoms with E-state index in [2.05, 4.69) is 11.9 Å². The largest absolute Gasteiger partial charge is 0.496 e. The summed E-state index contributed by atoms with van der Waals surface area (Å²) in [6.45, 7) is 8.71. The zero-order valence-corrected chi connectivity index (χ0v) is 16.5. The summed E-state index contributed by atoms with van der Waals surface area (Å²) in [5.74, 6) is 0.697. The summed E-state index contributed by atoms with van der Waals surface area (Å²) in [5.41, 5.74) is 1.99. The lowest BCUT2D eigenvalue weighted by molar-refractivity contribution is -0.132. The Labute approximate surface area is 165 Å². The van der Waals surface area contributed by atoms with Gasteiger partial charge in [0.05, 0.1) is 12.7 Å². The fraction of sp³-hybridized carbons (Fsp3) is 0.273. The molecule has 2 rings (SSSR count). The standard InChI is InChI=1S/C22H26N2O4/c1-5-24(14-16(2)3)21(25)15-28-18-12-10-17(11-13-18)23-22(26)19-8-6-7-9-20(19)27-4/h6-13H,2,5,14-15H2,1,3-4H3,(H,23,26). The zero-order valence-electron chi connectivity index (χ0n) is 16.5. The van der Waals surface area contributed by atoms with Gasteiger partial charge in [0.15, 0.2) is 6.61 Å². The SMILES string of the molecule is C=C(C)CN(CC)C(=O)COc1ccc(NC(=O)c2ccccc2OC)cc1. The third-order valence-corrected chi connectivity index (χ3v) is 4.02. The van der Waals surface area contributed by atoms with E-state index in [-0.39, 0.29) is 18.4 Å². The topological polar surface area (TPSA) is 67.9 Å². The maximum absolute atomic E-state index is 12.4. The second-order valence-electron chi connectivity index (χ2n) is 6.33. The predicted octanol–water partition coefficient (Wildman–Crippen LogP) is 3.75. The molecule has 0 aliphatic rings. The molecule has 0 heterocycles. The molecule has 6 nitrogen and oxygen atoms in total. The molecule has 6 heteroatoms. The molecule has 148 valence electrons. The predicted molar refractivity (Wildman–Crippen MR) is 110 cm³/mol. The second-order valence-corrected chi connectivity index (χ2v) is 6.33. The van der Waals surface area contributed by atoms with E-state index < -0.39 is 0 Å². The van der Waals surface area contributed by atoms with Crippen LogP contribution in [0.4, 0.5) is 5.69 Å². The van der Waals surface area contributed by atoms with Gasteiger partial charge in [-0.25, -0.2) is 0 Å². The Bertz CT molecular complexity index is 831. The quantitative estimate of drug-likeness (QED) is 0.671. The number of hydrogen-bond acceptors (Lipinski definition) is 4. The molecule has 0 unspecified atom stereocenters. The molecule has 0 aliphatic carbocycles. The van der Waals surface area contributed by atoms with Gasteiger partial charge < -0.3 is 19.7 Å². The van der Waals surface area contributed by atoms with Crippen molar-refractivity contribution in [1.29, 1.82) is 0 Å². The Kier molecular flexibility index (Phi) is 7.63. The third-order valence-electron chi connectivity index (χ3n) is 4.02. The maximum atomic E-state index is 12.4. The van der Waals surface area contributed by atoms with Crippen molar-refractivity contribution in [2.45, 2.75) is 13.8 Å². The number of carbonyl (C=O) groups excluding carboxylic acids is 2. The highest BCUT2D eigenvalue weighted by Gasteiger charge is 2.13. The smallest absolute Gasteiger partial charge is 0.260 e. The van der Waals surface area contributed by atoms with E-state index in [9.17, 15) is 9.59 Å². The normalized spacial score (nSPS) is 10.1. The highest BCUT2D eigenvalue weighted by atomic mass is 16.5. The molecule has 0 aromatic heterocycles. The molecular weight excluding hydrogens is 356 g/mol. The van der Waals surface area contributed by atoms with Crippen molar-refractivity contribution < 1.29 is 19.1 Å². The van der Waals surface area contributed by atoms with E-state index in [1.54, 1.807) is 53.4 Å². The Morgan fingerprint density at radius 3 is 2.39 bits per heavy atom. The van der Waals surface area contributed by atoms with Crippen molar-refractivity contribution in [3.63, 3.8) is 0 Å². The first-order valence-corrected chi connectivity index (χ1v) is 9.04. The van der Waals surface area contributed by atoms with Crippen LogP contribution in [0.3, 0.4) is 0 Å². The number of nitrogens with one attached hydrogen (secondary N) is 1. The molecule has 1 N–H and O–H groups in total. The lowest BCUT2D eigenvalue weighted by atomic mass is 10.2. The van der Waals surface area contributed by atoms with E-state index in [0.29, 0.717) is 35.8 Å². The first-order chi connectivity index (χ1) is 13.4. The zero-order chi connectivity index (χ0) is 20.5. The molecule has 2 aromatic rings. The van der Waals surface area contributed by atoms with Crippen LogP contribution in [0.5, 0.6) is 11.5 Å². The van der Waals surface area contributed by atoms with Crippen LogP contribution >= 0.6 is 0 Å². The van der Waals surface area contributed by atoms with Gasteiger partial charge in [0.2, 0.25) is 0 Å². The molecule has 0 saturated carbocycles. The summed E-state index contributed by atoms with van der Waals surface area (Å²) in [6, 6.07) is 13.9. The first kappa shape index (κ1) is 21.0. The van der Waals surface area contributed by atoms with Crippen LogP contribution in [-0.2, 0) is 4.79 Å². The van der Waals surface area contributed by atoms with Crippen LogP contribution in [0, 0.1) is 0 Å². The number of ether oxygens (including phenoxy) is 2. The molecule has 28 heavy (non-hydrogen) atoms. The monoisotopic (exact) mass is 382 g/mol. The molecule has 0 fully saturated rings. The van der Waals surface area contributed by atoms with E-state index in [4.69, 9.17) is 9.47 Å². The van der Waals surface area contributed by atoms with Crippen LogP contribution in [0.1, 0.15) is 24.2 Å². The van der Waals surface area contributed by atoms with Gasteiger partial charge in [-0.2, -0.15) is 0 Å². The van der Waals surface area contributed by atoms with Gasteiger partial charge in [-0.15, -0.1) is 0 Å². The minimum absolute atomic E-state index is 0.0476. The fourth-order valence-electron chi connectivity index (χ4n) is 2.60. The summed E-state index contributed by atoms with van der Waals surface area (Å²) in [6.07, 6.45) is 0. The summed E-state index contributed by atoms with van der Waals surface area (Å²) >= 11 is 0. The van der Waals surface area contributed by atoms with Gasteiger partial charge in [-0.05, 0) is 50.2 Å². The number of carbonyl (C=O) groups is 2. The lowest BCUT2D eigenvalue weighted by Gasteiger charge is -2.21. The Hall–Kier alpha value is -3.28.